The van der Waals surface area contributed by atoms with E-state index < -0.39 is 0 Å². The topological polar surface area (TPSA) is 45.1 Å². The summed E-state index contributed by atoms with van der Waals surface area (Å²) in [5, 5.41) is 12.4. The van der Waals surface area contributed by atoms with Crippen molar-refractivity contribution in [1.29, 1.82) is 0 Å². The molecule has 1 aromatic heterocycles. The van der Waals surface area contributed by atoms with E-state index in [2.05, 4.69) is 10.3 Å². The van der Waals surface area contributed by atoms with Crippen LogP contribution in [-0.4, -0.2) is 10.1 Å². The van der Waals surface area contributed by atoms with Crippen LogP contribution in [0, 0.1) is 0 Å². The van der Waals surface area contributed by atoms with Gasteiger partial charge < -0.3 is 10.4 Å². The van der Waals surface area contributed by atoms with Gasteiger partial charge in [-0.3, -0.25) is 4.98 Å². The highest BCUT2D eigenvalue weighted by Gasteiger charge is 1.94. The lowest BCUT2D eigenvalue weighted by Gasteiger charge is -2.04. The lowest BCUT2D eigenvalue weighted by molar-refractivity contribution is 0.475. The molecule has 0 atom stereocenters. The van der Waals surface area contributed by atoms with E-state index in [0.29, 0.717) is 5.75 Å². The number of phenolic OH excluding ortho intramolecular Hbond substituents is 1. The third-order valence-corrected chi connectivity index (χ3v) is 2.30. The predicted octanol–water partition coefficient (Wildman–Crippen LogP) is 2.08. The normalized spacial score (nSPS) is 10.2. The van der Waals surface area contributed by atoms with Gasteiger partial charge in [0.25, 0.3) is 0 Å². The van der Waals surface area contributed by atoms with E-state index >= 15 is 0 Å². The summed E-state index contributed by atoms with van der Waals surface area (Å²) in [5.74, 6) is 0.300. The minimum absolute atomic E-state index is 0.300. The van der Waals surface area contributed by atoms with Crippen LogP contribution in [0.25, 0.3) is 0 Å². The fraction of sp³-hybridized carbons (Fsp3) is 0.154. The molecule has 3 heteroatoms. The Labute approximate surface area is 94.8 Å². The molecule has 2 rings (SSSR count). The lowest BCUT2D eigenvalue weighted by atomic mass is 10.2. The summed E-state index contributed by atoms with van der Waals surface area (Å²) >= 11 is 0. The Morgan fingerprint density at radius 1 is 1.00 bits per heavy atom. The molecule has 0 radical (unpaired) electrons. The molecule has 0 aliphatic carbocycles. The molecule has 0 unspecified atom stereocenters. The predicted molar refractivity (Wildman–Crippen MR) is 62.9 cm³/mol. The summed E-state index contributed by atoms with van der Waals surface area (Å²) in [5.41, 5.74) is 2.18. The second-order valence-electron chi connectivity index (χ2n) is 3.59. The highest BCUT2D eigenvalue weighted by atomic mass is 16.3. The molecule has 16 heavy (non-hydrogen) atoms. The van der Waals surface area contributed by atoms with E-state index in [1.54, 1.807) is 18.3 Å². The number of hydrogen-bond acceptors (Lipinski definition) is 3. The van der Waals surface area contributed by atoms with E-state index in [1.807, 2.05) is 30.3 Å². The Morgan fingerprint density at radius 3 is 2.50 bits per heavy atom. The molecule has 0 aliphatic heterocycles. The van der Waals surface area contributed by atoms with Crippen molar-refractivity contribution in [3.05, 3.63) is 59.9 Å². The first-order valence-electron chi connectivity index (χ1n) is 5.23. The molecule has 0 spiro atoms. The molecule has 0 saturated carbocycles. The van der Waals surface area contributed by atoms with Crippen molar-refractivity contribution in [3.63, 3.8) is 0 Å². The zero-order chi connectivity index (χ0) is 11.2. The first-order chi connectivity index (χ1) is 7.84. The number of hydrogen-bond donors (Lipinski definition) is 2. The van der Waals surface area contributed by atoms with Gasteiger partial charge in [0, 0.05) is 19.3 Å². The molecule has 0 bridgehead atoms. The van der Waals surface area contributed by atoms with Gasteiger partial charge in [0.15, 0.2) is 0 Å². The molecule has 82 valence electrons. The Bertz CT molecular complexity index is 425. The molecular formula is C13H14N2O. The van der Waals surface area contributed by atoms with E-state index in [0.717, 1.165) is 24.3 Å². The van der Waals surface area contributed by atoms with Crippen LogP contribution in [-0.2, 0) is 13.1 Å². The Kier molecular flexibility index (Phi) is 3.51. The van der Waals surface area contributed by atoms with Crippen molar-refractivity contribution in [2.24, 2.45) is 0 Å². The Morgan fingerprint density at radius 2 is 1.81 bits per heavy atom. The van der Waals surface area contributed by atoms with Crippen LogP contribution >= 0.6 is 0 Å². The molecule has 1 aromatic carbocycles. The van der Waals surface area contributed by atoms with Crippen LogP contribution in [0.1, 0.15) is 11.3 Å². The maximum atomic E-state index is 9.13. The van der Waals surface area contributed by atoms with Crippen LogP contribution in [0.15, 0.2) is 48.7 Å². The zero-order valence-electron chi connectivity index (χ0n) is 8.93. The Hall–Kier alpha value is -1.87. The molecule has 0 amide bonds. The number of rotatable bonds is 4. The van der Waals surface area contributed by atoms with Crippen molar-refractivity contribution in [3.8, 4) is 5.75 Å². The van der Waals surface area contributed by atoms with Crippen LogP contribution in [0.5, 0.6) is 5.75 Å². The molecule has 3 nitrogen and oxygen atoms in total. The maximum Gasteiger partial charge on any atom is 0.115 e. The summed E-state index contributed by atoms with van der Waals surface area (Å²) in [6.07, 6.45) is 1.79. The van der Waals surface area contributed by atoms with E-state index in [4.69, 9.17) is 5.11 Å². The first kappa shape index (κ1) is 10.6. The quantitative estimate of drug-likeness (QED) is 0.819. The molecule has 2 aromatic rings. The summed E-state index contributed by atoms with van der Waals surface area (Å²) in [6, 6.07) is 13.1. The van der Waals surface area contributed by atoms with Gasteiger partial charge in [-0.05, 0) is 29.8 Å². The van der Waals surface area contributed by atoms with Gasteiger partial charge in [-0.2, -0.15) is 0 Å². The first-order valence-corrected chi connectivity index (χ1v) is 5.23. The number of nitrogens with one attached hydrogen (secondary N) is 1. The van der Waals surface area contributed by atoms with Crippen molar-refractivity contribution < 1.29 is 5.11 Å². The minimum Gasteiger partial charge on any atom is -0.508 e. The van der Waals surface area contributed by atoms with Gasteiger partial charge in [-0.25, -0.2) is 0 Å². The third kappa shape index (κ3) is 3.07. The Balaban J connectivity index is 1.82. The molecule has 0 saturated heterocycles. The van der Waals surface area contributed by atoms with Crippen molar-refractivity contribution in [1.82, 2.24) is 10.3 Å². The standard InChI is InChI=1S/C13H14N2O/c16-13-6-4-11(5-7-13)9-14-10-12-3-1-2-8-15-12/h1-8,14,16H,9-10H2. The number of phenols is 1. The fourth-order valence-electron chi connectivity index (χ4n) is 1.45. The maximum absolute atomic E-state index is 9.13. The smallest absolute Gasteiger partial charge is 0.115 e. The van der Waals surface area contributed by atoms with Crippen LogP contribution < -0.4 is 5.32 Å². The van der Waals surface area contributed by atoms with E-state index in [-0.39, 0.29) is 0 Å². The van der Waals surface area contributed by atoms with Crippen LogP contribution in [0.4, 0.5) is 0 Å². The summed E-state index contributed by atoms with van der Waals surface area (Å²) in [7, 11) is 0. The van der Waals surface area contributed by atoms with Gasteiger partial charge in [0.2, 0.25) is 0 Å². The average molecular weight is 214 g/mol. The van der Waals surface area contributed by atoms with Crippen molar-refractivity contribution in [2.45, 2.75) is 13.1 Å². The van der Waals surface area contributed by atoms with Gasteiger partial charge >= 0.3 is 0 Å². The van der Waals surface area contributed by atoms with E-state index in [9.17, 15) is 0 Å². The summed E-state index contributed by atoms with van der Waals surface area (Å²) in [6.45, 7) is 1.53. The van der Waals surface area contributed by atoms with Gasteiger partial charge in [0.05, 0.1) is 5.69 Å². The largest absolute Gasteiger partial charge is 0.508 e. The molecule has 0 aliphatic rings. The van der Waals surface area contributed by atoms with Gasteiger partial charge in [-0.15, -0.1) is 0 Å². The van der Waals surface area contributed by atoms with E-state index in [1.165, 1.54) is 0 Å². The van der Waals surface area contributed by atoms with Crippen molar-refractivity contribution >= 4 is 0 Å². The lowest BCUT2D eigenvalue weighted by Crippen LogP contribution is -2.13. The number of benzene rings is 1. The zero-order valence-corrected chi connectivity index (χ0v) is 8.93. The molecule has 1 heterocycles. The van der Waals surface area contributed by atoms with Crippen LogP contribution in [0.3, 0.4) is 0 Å². The van der Waals surface area contributed by atoms with Gasteiger partial charge in [-0.1, -0.05) is 18.2 Å². The summed E-state index contributed by atoms with van der Waals surface area (Å²) in [4.78, 5) is 4.22. The molecule has 2 N–H and O–H groups in total. The fourth-order valence-corrected chi connectivity index (χ4v) is 1.45. The number of aromatic hydroxyl groups is 1. The third-order valence-electron chi connectivity index (χ3n) is 2.30. The van der Waals surface area contributed by atoms with Crippen molar-refractivity contribution in [2.75, 3.05) is 0 Å². The number of nitrogens with zero attached hydrogens (tertiary/aromatic N) is 1. The summed E-state index contributed by atoms with van der Waals surface area (Å²) < 4.78 is 0. The average Bonchev–Trinajstić information content (AvgIpc) is 2.33. The SMILES string of the molecule is Oc1ccc(CNCc2ccccn2)cc1. The molecule has 0 fully saturated rings. The highest BCUT2D eigenvalue weighted by Crippen LogP contribution is 2.09. The van der Waals surface area contributed by atoms with Crippen LogP contribution in [0.2, 0.25) is 0 Å². The van der Waals surface area contributed by atoms with Gasteiger partial charge in [0.1, 0.15) is 5.75 Å². The second-order valence-corrected chi connectivity index (χ2v) is 3.59. The monoisotopic (exact) mass is 214 g/mol. The second kappa shape index (κ2) is 5.28. The highest BCUT2D eigenvalue weighted by molar-refractivity contribution is 5.25. The number of pyridine rings is 1. The minimum atomic E-state index is 0.300. The molecular weight excluding hydrogens is 200 g/mol. The number of aromatic nitrogens is 1.